The highest BCUT2D eigenvalue weighted by molar-refractivity contribution is 5.98. The molecule has 2 aliphatic rings. The zero-order valence-electron chi connectivity index (χ0n) is 33.6. The van der Waals surface area contributed by atoms with E-state index >= 15 is 0 Å². The maximum Gasteiger partial charge on any atom is 0.0726 e. The van der Waals surface area contributed by atoms with Crippen LogP contribution in [0, 0.1) is 0 Å². The minimum atomic E-state index is -0.565. The van der Waals surface area contributed by atoms with E-state index in [4.69, 9.17) is 0 Å². The second kappa shape index (κ2) is 14.2. The van der Waals surface area contributed by atoms with Crippen molar-refractivity contribution in [1.29, 1.82) is 0 Å². The largest absolute Gasteiger partial charge is 0.0726 e. The third kappa shape index (κ3) is 5.68. The molecule has 12 rings (SSSR count). The molecule has 0 saturated carbocycles. The van der Waals surface area contributed by atoms with Gasteiger partial charge in [-0.05, 0) is 136 Å². The van der Waals surface area contributed by atoms with E-state index in [1.165, 1.54) is 111 Å². The fourth-order valence-electron chi connectivity index (χ4n) is 10.2. The summed E-state index contributed by atoms with van der Waals surface area (Å²) < 4.78 is 0. The standard InChI is InChI=1S/C61H40/c1-5-13-41(14-6-1)45-21-25-47(26-22-45)51-31-35-55-56-36-32-52(48-27-23-46(24-28-48)42-15-7-2-8-16-42)40-60(56)61(59(55)39-51)57-37-49(43-17-9-3-10-18-43)29-33-53(57)54-34-30-50(38-58(54)61)44-19-11-4-12-20-44/h1-40H. The second-order valence-electron chi connectivity index (χ2n) is 16.4. The van der Waals surface area contributed by atoms with E-state index in [0.29, 0.717) is 0 Å². The van der Waals surface area contributed by atoms with Gasteiger partial charge in [0.05, 0.1) is 5.41 Å². The quantitative estimate of drug-likeness (QED) is 0.158. The average Bonchev–Trinajstić information content (AvgIpc) is 3.81. The highest BCUT2D eigenvalue weighted by Crippen LogP contribution is 2.64. The third-order valence-electron chi connectivity index (χ3n) is 13.1. The van der Waals surface area contributed by atoms with Crippen LogP contribution in [0.25, 0.3) is 89.0 Å². The Hall–Kier alpha value is -7.80. The molecule has 284 valence electrons. The molecule has 1 spiro atoms. The van der Waals surface area contributed by atoms with E-state index in [-0.39, 0.29) is 0 Å². The lowest BCUT2D eigenvalue weighted by atomic mass is 9.69. The van der Waals surface area contributed by atoms with Gasteiger partial charge in [-0.15, -0.1) is 0 Å². The minimum absolute atomic E-state index is 0.565. The van der Waals surface area contributed by atoms with Crippen LogP contribution in [-0.2, 0) is 5.41 Å². The maximum atomic E-state index is 2.50. The van der Waals surface area contributed by atoms with Crippen LogP contribution >= 0.6 is 0 Å². The fourth-order valence-corrected chi connectivity index (χ4v) is 10.2. The van der Waals surface area contributed by atoms with Gasteiger partial charge in [0.1, 0.15) is 0 Å². The fraction of sp³-hybridized carbons (Fsp3) is 0.0164. The SMILES string of the molecule is c1ccc(-c2ccc(-c3ccc4c(c3)C3(c5cc(-c6ccccc6)ccc5-c5ccc(-c6ccccc6)cc53)c3cc(-c5ccc(-c6ccccc6)cc5)ccc3-4)cc2)cc1. The molecule has 0 atom stereocenters. The van der Waals surface area contributed by atoms with Crippen LogP contribution in [0.3, 0.4) is 0 Å². The van der Waals surface area contributed by atoms with Crippen LogP contribution < -0.4 is 0 Å². The minimum Gasteiger partial charge on any atom is -0.0622 e. The van der Waals surface area contributed by atoms with Gasteiger partial charge in [-0.3, -0.25) is 0 Å². The van der Waals surface area contributed by atoms with Gasteiger partial charge in [0.25, 0.3) is 0 Å². The Bertz CT molecular complexity index is 3010. The summed E-state index contributed by atoms with van der Waals surface area (Å²) in [7, 11) is 0. The van der Waals surface area contributed by atoms with Crippen molar-refractivity contribution in [3.8, 4) is 89.0 Å². The van der Waals surface area contributed by atoms with E-state index < -0.39 is 5.41 Å². The van der Waals surface area contributed by atoms with Crippen LogP contribution in [0.2, 0.25) is 0 Å². The van der Waals surface area contributed by atoms with Crippen LogP contribution in [0.15, 0.2) is 243 Å². The molecule has 0 saturated heterocycles. The van der Waals surface area contributed by atoms with Gasteiger partial charge in [0.15, 0.2) is 0 Å². The molecular weight excluding hydrogens is 733 g/mol. The van der Waals surface area contributed by atoms with E-state index in [1.54, 1.807) is 0 Å². The van der Waals surface area contributed by atoms with E-state index in [9.17, 15) is 0 Å². The van der Waals surface area contributed by atoms with Gasteiger partial charge in [-0.25, -0.2) is 0 Å². The van der Waals surface area contributed by atoms with Crippen molar-refractivity contribution in [2.75, 3.05) is 0 Å². The summed E-state index contributed by atoms with van der Waals surface area (Å²) >= 11 is 0. The number of hydrogen-bond donors (Lipinski definition) is 0. The molecule has 0 fully saturated rings. The molecule has 0 aromatic heterocycles. The van der Waals surface area contributed by atoms with Crippen LogP contribution in [0.4, 0.5) is 0 Å². The van der Waals surface area contributed by atoms with E-state index in [2.05, 4.69) is 243 Å². The predicted octanol–water partition coefficient (Wildman–Crippen LogP) is 16.0. The topological polar surface area (TPSA) is 0 Å². The lowest BCUT2D eigenvalue weighted by Gasteiger charge is -2.32. The molecule has 61 heavy (non-hydrogen) atoms. The van der Waals surface area contributed by atoms with Gasteiger partial charge >= 0.3 is 0 Å². The molecule has 0 aliphatic heterocycles. The molecule has 0 heterocycles. The molecule has 0 unspecified atom stereocenters. The van der Waals surface area contributed by atoms with Gasteiger partial charge < -0.3 is 0 Å². The first-order chi connectivity index (χ1) is 30.2. The Kier molecular flexibility index (Phi) is 8.18. The molecule has 10 aromatic rings. The van der Waals surface area contributed by atoms with Crippen LogP contribution in [0.1, 0.15) is 22.3 Å². The lowest BCUT2D eigenvalue weighted by molar-refractivity contribution is 0.795. The van der Waals surface area contributed by atoms with Crippen molar-refractivity contribution < 1.29 is 0 Å². The normalized spacial score (nSPS) is 12.7. The van der Waals surface area contributed by atoms with Crippen molar-refractivity contribution in [2.45, 2.75) is 5.41 Å². The summed E-state index contributed by atoms with van der Waals surface area (Å²) in [5.74, 6) is 0. The molecular formula is C61H40. The highest BCUT2D eigenvalue weighted by Gasteiger charge is 2.52. The van der Waals surface area contributed by atoms with Gasteiger partial charge in [-0.2, -0.15) is 0 Å². The number of fused-ring (bicyclic) bond motifs is 10. The van der Waals surface area contributed by atoms with Crippen molar-refractivity contribution >= 4 is 0 Å². The van der Waals surface area contributed by atoms with Crippen molar-refractivity contribution in [2.24, 2.45) is 0 Å². The number of benzene rings is 10. The Labute approximate surface area is 357 Å². The Balaban J connectivity index is 1.11. The first kappa shape index (κ1) is 35.2. The van der Waals surface area contributed by atoms with Crippen LogP contribution in [-0.4, -0.2) is 0 Å². The Morgan fingerprint density at radius 2 is 0.344 bits per heavy atom. The molecule has 0 amide bonds. The summed E-state index contributed by atoms with van der Waals surface area (Å²) in [5, 5.41) is 0. The molecule has 2 aliphatic carbocycles. The van der Waals surface area contributed by atoms with Crippen molar-refractivity contribution in [3.05, 3.63) is 265 Å². The monoisotopic (exact) mass is 772 g/mol. The van der Waals surface area contributed by atoms with Crippen molar-refractivity contribution in [3.63, 3.8) is 0 Å². The second-order valence-corrected chi connectivity index (χ2v) is 16.4. The first-order valence-electron chi connectivity index (χ1n) is 21.2. The van der Waals surface area contributed by atoms with Gasteiger partial charge in [0, 0.05) is 0 Å². The van der Waals surface area contributed by atoms with Gasteiger partial charge in [0.2, 0.25) is 0 Å². The predicted molar refractivity (Wildman–Crippen MR) is 255 cm³/mol. The van der Waals surface area contributed by atoms with E-state index in [0.717, 1.165) is 0 Å². The number of rotatable bonds is 6. The molecule has 0 radical (unpaired) electrons. The molecule has 0 N–H and O–H groups in total. The highest BCUT2D eigenvalue weighted by atomic mass is 14.5. The molecule has 10 aromatic carbocycles. The molecule has 0 nitrogen and oxygen atoms in total. The average molecular weight is 773 g/mol. The first-order valence-corrected chi connectivity index (χ1v) is 21.2. The Morgan fingerprint density at radius 3 is 0.590 bits per heavy atom. The Morgan fingerprint density at radius 1 is 0.164 bits per heavy atom. The van der Waals surface area contributed by atoms with Gasteiger partial charge in [-0.1, -0.05) is 218 Å². The molecule has 0 bridgehead atoms. The summed E-state index contributed by atoms with van der Waals surface area (Å²) in [6, 6.07) is 90.0. The summed E-state index contributed by atoms with van der Waals surface area (Å²) in [6.07, 6.45) is 0. The van der Waals surface area contributed by atoms with E-state index in [1.807, 2.05) is 0 Å². The summed E-state index contributed by atoms with van der Waals surface area (Å²) in [5.41, 5.74) is 24.6. The molecule has 0 heteroatoms. The lowest BCUT2D eigenvalue weighted by Crippen LogP contribution is -2.26. The maximum absolute atomic E-state index is 2.50. The summed E-state index contributed by atoms with van der Waals surface area (Å²) in [4.78, 5) is 0. The smallest absolute Gasteiger partial charge is 0.0622 e. The zero-order valence-corrected chi connectivity index (χ0v) is 33.6. The third-order valence-corrected chi connectivity index (χ3v) is 13.1. The summed E-state index contributed by atoms with van der Waals surface area (Å²) in [6.45, 7) is 0. The number of hydrogen-bond acceptors (Lipinski definition) is 0. The van der Waals surface area contributed by atoms with Crippen LogP contribution in [0.5, 0.6) is 0 Å². The van der Waals surface area contributed by atoms with Crippen molar-refractivity contribution in [1.82, 2.24) is 0 Å². The zero-order chi connectivity index (χ0) is 40.3.